The quantitative estimate of drug-likeness (QED) is 0.276. The van der Waals surface area contributed by atoms with E-state index in [-0.39, 0.29) is 59.6 Å². The number of amides is 2. The van der Waals surface area contributed by atoms with Gasteiger partial charge in [0.15, 0.2) is 0 Å². The molecule has 1 aromatic heterocycles. The van der Waals surface area contributed by atoms with Gasteiger partial charge in [-0.25, -0.2) is 0 Å². The SMILES string of the molecule is COC1CN([C@H]2C[C@@H](COC3CCC(C(=O)O)CC3)N(C(=O)Cc3cc(Cl)c(NC(=O)c4cn(C)c5ccccc45)cc3Cl)C2)CC1OC. The van der Waals surface area contributed by atoms with E-state index < -0.39 is 5.97 Å². The van der Waals surface area contributed by atoms with Gasteiger partial charge in [-0.05, 0) is 55.9 Å². The molecule has 3 heterocycles. The summed E-state index contributed by atoms with van der Waals surface area (Å²) in [5, 5.41) is 13.7. The lowest BCUT2D eigenvalue weighted by Gasteiger charge is -2.30. The molecule has 13 heteroatoms. The molecule has 1 aliphatic carbocycles. The summed E-state index contributed by atoms with van der Waals surface area (Å²) >= 11 is 13.4. The van der Waals surface area contributed by atoms with E-state index in [2.05, 4.69) is 10.2 Å². The summed E-state index contributed by atoms with van der Waals surface area (Å²) in [6, 6.07) is 10.8. The second-order valence-electron chi connectivity index (χ2n) is 13.5. The van der Waals surface area contributed by atoms with E-state index in [9.17, 15) is 19.5 Å². The Morgan fingerprint density at radius 2 is 1.65 bits per heavy atom. The molecule has 3 aromatic rings. The van der Waals surface area contributed by atoms with E-state index >= 15 is 0 Å². The van der Waals surface area contributed by atoms with E-state index in [4.69, 9.17) is 37.4 Å². The standard InChI is InChI=1S/C36H44Cl2N4O7/c1-40-17-27(26-6-4-5-7-31(26)40)35(44)39-30-15-28(37)22(12-29(30)38)13-34(43)42-16-23(41-18-32(47-2)33(19-41)48-3)14-24(42)20-49-25-10-8-21(9-11-25)36(45)46/h4-7,12,15,17,21,23-25,32-33H,8-11,13-14,16,18-20H2,1-3H3,(H,39,44)(H,45,46)/t21?,23-,24-,25?,32?,33?/m0/s1. The highest BCUT2D eigenvalue weighted by Gasteiger charge is 2.43. The van der Waals surface area contributed by atoms with Crippen LogP contribution in [0.15, 0.2) is 42.6 Å². The minimum atomic E-state index is -0.748. The zero-order valence-electron chi connectivity index (χ0n) is 28.1. The highest BCUT2D eigenvalue weighted by atomic mass is 35.5. The number of aliphatic carboxylic acids is 1. The largest absolute Gasteiger partial charge is 0.481 e. The fraction of sp³-hybridized carbons (Fsp3) is 0.528. The van der Waals surface area contributed by atoms with Crippen LogP contribution in [-0.4, -0.2) is 108 Å². The van der Waals surface area contributed by atoms with Crippen LogP contribution in [0.2, 0.25) is 10.0 Å². The molecular formula is C36H44Cl2N4O7. The van der Waals surface area contributed by atoms with Crippen LogP contribution in [0.25, 0.3) is 10.9 Å². The molecule has 3 aliphatic rings. The number of para-hydroxylation sites is 1. The Labute approximate surface area is 296 Å². The third kappa shape index (κ3) is 7.77. The van der Waals surface area contributed by atoms with E-state index in [0.717, 1.165) is 17.3 Å². The van der Waals surface area contributed by atoms with Crippen LogP contribution in [0, 0.1) is 5.92 Å². The summed E-state index contributed by atoms with van der Waals surface area (Å²) < 4.78 is 19.6. The number of nitrogens with one attached hydrogen (secondary N) is 1. The van der Waals surface area contributed by atoms with Crippen molar-refractivity contribution >= 4 is 57.6 Å². The Morgan fingerprint density at radius 1 is 0.959 bits per heavy atom. The topological polar surface area (TPSA) is 123 Å². The third-order valence-corrected chi connectivity index (χ3v) is 11.2. The van der Waals surface area contributed by atoms with Crippen molar-refractivity contribution in [1.82, 2.24) is 14.4 Å². The summed E-state index contributed by atoms with van der Waals surface area (Å²) in [4.78, 5) is 42.9. The number of carbonyl (C=O) groups is 3. The Hall–Kier alpha value is -3.19. The number of rotatable bonds is 11. The number of hydrogen-bond donors (Lipinski definition) is 2. The first-order chi connectivity index (χ1) is 23.6. The monoisotopic (exact) mass is 714 g/mol. The highest BCUT2D eigenvalue weighted by Crippen LogP contribution is 2.34. The number of carboxylic acids is 1. The fourth-order valence-electron chi connectivity index (χ4n) is 7.66. The minimum Gasteiger partial charge on any atom is -0.481 e. The summed E-state index contributed by atoms with van der Waals surface area (Å²) in [5.41, 5.74) is 2.38. The number of anilines is 1. The molecule has 2 amide bonds. The predicted octanol–water partition coefficient (Wildman–Crippen LogP) is 5.26. The molecule has 4 atom stereocenters. The van der Waals surface area contributed by atoms with Gasteiger partial charge in [0, 0.05) is 69.1 Å². The Morgan fingerprint density at radius 3 is 2.33 bits per heavy atom. The van der Waals surface area contributed by atoms with Crippen molar-refractivity contribution < 1.29 is 33.7 Å². The number of carboxylic acid groups (broad SMARTS) is 1. The van der Waals surface area contributed by atoms with Crippen LogP contribution in [0.3, 0.4) is 0 Å². The number of hydrogen-bond acceptors (Lipinski definition) is 7. The van der Waals surface area contributed by atoms with Gasteiger partial charge in [0.2, 0.25) is 5.91 Å². The van der Waals surface area contributed by atoms with Crippen molar-refractivity contribution in [1.29, 1.82) is 0 Å². The molecule has 2 saturated heterocycles. The molecule has 264 valence electrons. The van der Waals surface area contributed by atoms with Gasteiger partial charge in [0.05, 0.1) is 59.6 Å². The number of carbonyl (C=O) groups excluding carboxylic acids is 2. The van der Waals surface area contributed by atoms with Gasteiger partial charge in [0.1, 0.15) is 0 Å². The molecule has 6 rings (SSSR count). The summed E-state index contributed by atoms with van der Waals surface area (Å²) in [6.45, 7) is 2.31. The van der Waals surface area contributed by atoms with Crippen LogP contribution < -0.4 is 5.32 Å². The normalized spacial score (nSPS) is 26.0. The van der Waals surface area contributed by atoms with Crippen LogP contribution in [-0.2, 0) is 37.3 Å². The maximum atomic E-state index is 14.0. The maximum Gasteiger partial charge on any atom is 0.306 e. The molecule has 49 heavy (non-hydrogen) atoms. The van der Waals surface area contributed by atoms with E-state index in [0.29, 0.717) is 73.8 Å². The second-order valence-corrected chi connectivity index (χ2v) is 14.3. The van der Waals surface area contributed by atoms with Crippen LogP contribution in [0.1, 0.15) is 48.0 Å². The maximum absolute atomic E-state index is 14.0. The van der Waals surface area contributed by atoms with Crippen molar-refractivity contribution in [2.75, 3.05) is 45.8 Å². The Bertz CT molecular complexity index is 1680. The van der Waals surface area contributed by atoms with Gasteiger partial charge in [0.25, 0.3) is 5.91 Å². The van der Waals surface area contributed by atoms with Gasteiger partial charge in [-0.15, -0.1) is 0 Å². The number of ether oxygens (including phenoxy) is 3. The minimum absolute atomic E-state index is 0.0287. The highest BCUT2D eigenvalue weighted by molar-refractivity contribution is 6.36. The molecule has 1 saturated carbocycles. The first-order valence-corrected chi connectivity index (χ1v) is 17.6. The average molecular weight is 716 g/mol. The number of fused-ring (bicyclic) bond motifs is 1. The number of aryl methyl sites for hydroxylation is 1. The smallest absolute Gasteiger partial charge is 0.306 e. The molecule has 11 nitrogen and oxygen atoms in total. The van der Waals surface area contributed by atoms with Crippen molar-refractivity contribution in [3.8, 4) is 0 Å². The summed E-state index contributed by atoms with van der Waals surface area (Å²) in [5.74, 6) is -1.47. The molecule has 2 aromatic carbocycles. The van der Waals surface area contributed by atoms with Crippen molar-refractivity contribution in [3.63, 3.8) is 0 Å². The molecule has 0 bridgehead atoms. The number of methoxy groups -OCH3 is 2. The lowest BCUT2D eigenvalue weighted by Crippen LogP contribution is -2.41. The predicted molar refractivity (Wildman–Crippen MR) is 187 cm³/mol. The summed E-state index contributed by atoms with van der Waals surface area (Å²) in [6.07, 6.45) is 4.99. The van der Waals surface area contributed by atoms with Gasteiger partial charge in [-0.3, -0.25) is 19.3 Å². The van der Waals surface area contributed by atoms with Crippen molar-refractivity contribution in [2.24, 2.45) is 13.0 Å². The number of benzene rings is 2. The van der Waals surface area contributed by atoms with Gasteiger partial charge in [-0.2, -0.15) is 0 Å². The third-order valence-electron chi connectivity index (χ3n) is 10.5. The zero-order valence-corrected chi connectivity index (χ0v) is 29.6. The average Bonchev–Trinajstić information content (AvgIpc) is 3.81. The van der Waals surface area contributed by atoms with Gasteiger partial charge in [-0.1, -0.05) is 41.4 Å². The molecular weight excluding hydrogens is 671 g/mol. The van der Waals surface area contributed by atoms with Gasteiger partial charge < -0.3 is 34.1 Å². The second kappa shape index (κ2) is 15.4. The summed E-state index contributed by atoms with van der Waals surface area (Å²) in [7, 11) is 5.27. The number of halogens is 2. The zero-order chi connectivity index (χ0) is 34.8. The Kier molecular flexibility index (Phi) is 11.2. The molecule has 3 fully saturated rings. The number of aromatic nitrogens is 1. The Balaban J connectivity index is 1.14. The molecule has 2 unspecified atom stereocenters. The lowest BCUT2D eigenvalue weighted by atomic mass is 9.87. The number of nitrogens with zero attached hydrogens (tertiary/aromatic N) is 3. The first kappa shape index (κ1) is 35.6. The van der Waals surface area contributed by atoms with Crippen LogP contribution in [0.5, 0.6) is 0 Å². The van der Waals surface area contributed by atoms with E-state index in [1.165, 1.54) is 0 Å². The number of likely N-dealkylation sites (tertiary alicyclic amines) is 2. The molecule has 2 aliphatic heterocycles. The van der Waals surface area contributed by atoms with Crippen molar-refractivity contribution in [3.05, 3.63) is 63.8 Å². The van der Waals surface area contributed by atoms with Crippen LogP contribution in [0.4, 0.5) is 5.69 Å². The van der Waals surface area contributed by atoms with Crippen molar-refractivity contribution in [2.45, 2.75) is 68.9 Å². The van der Waals surface area contributed by atoms with Gasteiger partial charge >= 0.3 is 5.97 Å². The molecule has 0 radical (unpaired) electrons. The lowest BCUT2D eigenvalue weighted by molar-refractivity contribution is -0.144. The van der Waals surface area contributed by atoms with E-state index in [1.807, 2.05) is 40.8 Å². The fourth-order valence-corrected chi connectivity index (χ4v) is 8.13. The molecule has 2 N–H and O–H groups in total. The van der Waals surface area contributed by atoms with Crippen LogP contribution >= 0.6 is 23.2 Å². The molecule has 0 spiro atoms. The first-order valence-electron chi connectivity index (χ1n) is 16.8. The van der Waals surface area contributed by atoms with E-state index in [1.54, 1.807) is 32.5 Å².